The molecule has 4 nitrogen and oxygen atoms in total. The van der Waals surface area contributed by atoms with E-state index in [0.29, 0.717) is 12.1 Å². The van der Waals surface area contributed by atoms with Gasteiger partial charge in [0.1, 0.15) is 0 Å². The van der Waals surface area contributed by atoms with E-state index in [-0.39, 0.29) is 5.91 Å². The first-order valence-electron chi connectivity index (χ1n) is 8.14. The van der Waals surface area contributed by atoms with Crippen LogP contribution in [0.3, 0.4) is 0 Å². The van der Waals surface area contributed by atoms with Gasteiger partial charge in [-0.2, -0.15) is 0 Å². The normalized spacial score (nSPS) is 13.8. The van der Waals surface area contributed by atoms with Gasteiger partial charge in [-0.05, 0) is 54.2 Å². The zero-order valence-corrected chi connectivity index (χ0v) is 13.5. The molecular formula is C19H21NO3. The van der Waals surface area contributed by atoms with Crippen molar-refractivity contribution < 1.29 is 14.3 Å². The number of amides is 1. The summed E-state index contributed by atoms with van der Waals surface area (Å²) in [5.74, 6) is -0.703. The Bertz CT molecular complexity index is 756. The second kappa shape index (κ2) is 6.41. The summed E-state index contributed by atoms with van der Waals surface area (Å²) >= 11 is 0. The number of nitrogens with one attached hydrogen (secondary N) is 1. The zero-order chi connectivity index (χ0) is 16.4. The lowest BCUT2D eigenvalue weighted by Crippen LogP contribution is -2.36. The quantitative estimate of drug-likeness (QED) is 0.864. The molecule has 0 saturated heterocycles. The Morgan fingerprint density at radius 3 is 2.65 bits per heavy atom. The van der Waals surface area contributed by atoms with Crippen LogP contribution >= 0.6 is 0 Å². The molecule has 1 atom stereocenters. The molecule has 1 aliphatic rings. The van der Waals surface area contributed by atoms with Crippen LogP contribution in [0.5, 0.6) is 0 Å². The summed E-state index contributed by atoms with van der Waals surface area (Å²) in [4.78, 5) is 24.4. The van der Waals surface area contributed by atoms with Gasteiger partial charge in [0.05, 0.1) is 5.56 Å². The summed E-state index contributed by atoms with van der Waals surface area (Å²) in [5.41, 5.74) is 3.09. The Balaban J connectivity index is 1.84. The predicted octanol–water partition coefficient (Wildman–Crippen LogP) is 3.01. The van der Waals surface area contributed by atoms with Gasteiger partial charge < -0.3 is 10.1 Å². The van der Waals surface area contributed by atoms with E-state index in [4.69, 9.17) is 4.74 Å². The Hall–Kier alpha value is -2.36. The van der Waals surface area contributed by atoms with Gasteiger partial charge in [-0.25, -0.2) is 4.79 Å². The van der Waals surface area contributed by atoms with Crippen LogP contribution in [0.1, 0.15) is 41.8 Å². The van der Waals surface area contributed by atoms with Crippen LogP contribution in [0.15, 0.2) is 30.3 Å². The number of benzene rings is 2. The van der Waals surface area contributed by atoms with E-state index in [1.54, 1.807) is 6.92 Å². The van der Waals surface area contributed by atoms with Crippen molar-refractivity contribution in [2.24, 2.45) is 0 Å². The van der Waals surface area contributed by atoms with Gasteiger partial charge in [0.2, 0.25) is 0 Å². The second-order valence-corrected chi connectivity index (χ2v) is 5.95. The van der Waals surface area contributed by atoms with Gasteiger partial charge >= 0.3 is 5.97 Å². The number of hydrogen-bond acceptors (Lipinski definition) is 3. The molecule has 1 N–H and O–H groups in total. The van der Waals surface area contributed by atoms with Crippen molar-refractivity contribution in [1.29, 1.82) is 0 Å². The number of carbonyl (C=O) groups is 2. The summed E-state index contributed by atoms with van der Waals surface area (Å²) in [7, 11) is 0. The van der Waals surface area contributed by atoms with Crippen LogP contribution in [0.4, 0.5) is 0 Å². The molecule has 1 amide bonds. The van der Waals surface area contributed by atoms with Crippen LogP contribution in [0.2, 0.25) is 0 Å². The molecule has 0 saturated carbocycles. The minimum Gasteiger partial charge on any atom is -0.449 e. The number of esters is 1. The fourth-order valence-electron chi connectivity index (χ4n) is 3.09. The van der Waals surface area contributed by atoms with Crippen molar-refractivity contribution in [2.45, 2.75) is 39.2 Å². The lowest BCUT2D eigenvalue weighted by molar-refractivity contribution is -0.129. The second-order valence-electron chi connectivity index (χ2n) is 5.95. The molecular weight excluding hydrogens is 290 g/mol. The van der Waals surface area contributed by atoms with E-state index in [9.17, 15) is 9.59 Å². The average molecular weight is 311 g/mol. The molecule has 3 rings (SSSR count). The first kappa shape index (κ1) is 15.5. The minimum absolute atomic E-state index is 0.258. The molecule has 0 bridgehead atoms. The molecule has 2 aromatic carbocycles. The highest BCUT2D eigenvalue weighted by molar-refractivity contribution is 6.07. The molecule has 4 heteroatoms. The first-order valence-corrected chi connectivity index (χ1v) is 8.14. The van der Waals surface area contributed by atoms with Gasteiger partial charge in [0, 0.05) is 6.54 Å². The summed E-state index contributed by atoms with van der Waals surface area (Å²) in [6.45, 7) is 4.16. The molecule has 0 aliphatic heterocycles. The molecule has 120 valence electrons. The number of hydrogen-bond donors (Lipinski definition) is 1. The highest BCUT2D eigenvalue weighted by atomic mass is 16.5. The van der Waals surface area contributed by atoms with Crippen LogP contribution in [-0.2, 0) is 22.4 Å². The molecule has 0 aromatic heterocycles. The van der Waals surface area contributed by atoms with Gasteiger partial charge in [0.15, 0.2) is 6.10 Å². The third-order valence-corrected chi connectivity index (χ3v) is 4.30. The number of rotatable bonds is 5. The van der Waals surface area contributed by atoms with Crippen molar-refractivity contribution in [1.82, 2.24) is 5.32 Å². The Labute approximate surface area is 135 Å². The third kappa shape index (κ3) is 2.93. The molecule has 0 spiro atoms. The highest BCUT2D eigenvalue weighted by Gasteiger charge is 2.22. The van der Waals surface area contributed by atoms with Crippen LogP contribution in [-0.4, -0.2) is 24.5 Å². The molecule has 0 fully saturated rings. The maximum absolute atomic E-state index is 12.5. The summed E-state index contributed by atoms with van der Waals surface area (Å²) in [6, 6.07) is 9.84. The first-order chi connectivity index (χ1) is 11.1. The largest absolute Gasteiger partial charge is 0.449 e. The topological polar surface area (TPSA) is 55.4 Å². The molecule has 1 unspecified atom stereocenters. The average Bonchev–Trinajstić information content (AvgIpc) is 2.98. The van der Waals surface area contributed by atoms with Gasteiger partial charge in [0.25, 0.3) is 5.91 Å². The smallest absolute Gasteiger partial charge is 0.339 e. The number of carbonyl (C=O) groups excluding carboxylic acids is 2. The maximum Gasteiger partial charge on any atom is 0.339 e. The lowest BCUT2D eigenvalue weighted by Gasteiger charge is -2.14. The van der Waals surface area contributed by atoms with Crippen LogP contribution < -0.4 is 5.32 Å². The van der Waals surface area contributed by atoms with E-state index in [1.807, 2.05) is 31.2 Å². The number of aryl methyl sites for hydroxylation is 2. The lowest BCUT2D eigenvalue weighted by atomic mass is 10.00. The van der Waals surface area contributed by atoms with Crippen LogP contribution in [0, 0.1) is 0 Å². The van der Waals surface area contributed by atoms with Crippen molar-refractivity contribution in [3.8, 4) is 0 Å². The fourth-order valence-corrected chi connectivity index (χ4v) is 3.09. The molecule has 2 aromatic rings. The summed E-state index contributed by atoms with van der Waals surface area (Å²) in [6.07, 6.45) is 2.08. The van der Waals surface area contributed by atoms with E-state index in [1.165, 1.54) is 16.5 Å². The van der Waals surface area contributed by atoms with E-state index in [0.717, 1.165) is 24.6 Å². The van der Waals surface area contributed by atoms with Gasteiger partial charge in [-0.3, -0.25) is 4.79 Å². The monoisotopic (exact) mass is 311 g/mol. The van der Waals surface area contributed by atoms with Gasteiger partial charge in [-0.1, -0.05) is 31.2 Å². The summed E-state index contributed by atoms with van der Waals surface area (Å²) in [5, 5.41) is 4.83. The third-order valence-electron chi connectivity index (χ3n) is 4.30. The van der Waals surface area contributed by atoms with Crippen molar-refractivity contribution in [3.63, 3.8) is 0 Å². The van der Waals surface area contributed by atoms with E-state index < -0.39 is 12.1 Å². The number of ether oxygens (including phenoxy) is 1. The standard InChI is InChI=1S/C19H21NO3/c1-3-11-20-18(21)12(2)23-19(22)16-10-9-14-8-7-13-5-4-6-15(16)17(13)14/h4-6,9-10,12H,3,7-8,11H2,1-2H3,(H,20,21). The van der Waals surface area contributed by atoms with Gasteiger partial charge in [-0.15, -0.1) is 0 Å². The Morgan fingerprint density at radius 2 is 1.91 bits per heavy atom. The highest BCUT2D eigenvalue weighted by Crippen LogP contribution is 2.33. The molecule has 23 heavy (non-hydrogen) atoms. The zero-order valence-electron chi connectivity index (χ0n) is 13.5. The summed E-state index contributed by atoms with van der Waals surface area (Å²) < 4.78 is 5.35. The SMILES string of the molecule is CCCNC(=O)C(C)OC(=O)c1ccc2c3c(cccc13)CC2. The predicted molar refractivity (Wildman–Crippen MR) is 89.5 cm³/mol. The van der Waals surface area contributed by atoms with Crippen molar-refractivity contribution in [2.75, 3.05) is 6.54 Å². The van der Waals surface area contributed by atoms with Crippen molar-refractivity contribution >= 4 is 22.6 Å². The maximum atomic E-state index is 12.5. The molecule has 0 heterocycles. The van der Waals surface area contributed by atoms with E-state index in [2.05, 4.69) is 11.4 Å². The fraction of sp³-hybridized carbons (Fsp3) is 0.368. The van der Waals surface area contributed by atoms with Crippen molar-refractivity contribution in [3.05, 3.63) is 47.0 Å². The minimum atomic E-state index is -0.794. The van der Waals surface area contributed by atoms with E-state index >= 15 is 0 Å². The van der Waals surface area contributed by atoms with Crippen LogP contribution in [0.25, 0.3) is 10.8 Å². The Kier molecular flexibility index (Phi) is 4.33. The molecule has 0 radical (unpaired) electrons. The molecule has 1 aliphatic carbocycles. The Morgan fingerprint density at radius 1 is 1.17 bits per heavy atom.